The lowest BCUT2D eigenvalue weighted by atomic mass is 10.1. The summed E-state index contributed by atoms with van der Waals surface area (Å²) < 4.78 is 7.23. The minimum absolute atomic E-state index is 0.220. The molecule has 30 heavy (non-hydrogen) atoms. The average molecular weight is 404 g/mol. The Hall–Kier alpha value is -3.75. The molecule has 3 heterocycles. The second kappa shape index (κ2) is 8.73. The van der Waals surface area contributed by atoms with Crippen molar-refractivity contribution in [3.63, 3.8) is 0 Å². The van der Waals surface area contributed by atoms with Crippen molar-refractivity contribution in [2.75, 3.05) is 24.3 Å². The lowest BCUT2D eigenvalue weighted by Gasteiger charge is -2.11. The molecule has 4 rings (SSSR count). The molecule has 9 nitrogen and oxygen atoms in total. The third-order valence-electron chi connectivity index (χ3n) is 4.63. The maximum atomic E-state index is 5.21. The molecule has 1 aromatic carbocycles. The molecule has 2 N–H and O–H groups in total. The summed E-state index contributed by atoms with van der Waals surface area (Å²) >= 11 is 0. The van der Waals surface area contributed by atoms with Crippen LogP contribution in [0.1, 0.15) is 25.5 Å². The maximum Gasteiger partial charge on any atom is 0.233 e. The number of imidazole rings is 1. The zero-order chi connectivity index (χ0) is 20.9. The van der Waals surface area contributed by atoms with Crippen LogP contribution in [0.25, 0.3) is 11.2 Å². The van der Waals surface area contributed by atoms with Crippen LogP contribution in [-0.2, 0) is 6.42 Å². The second-order valence-electron chi connectivity index (χ2n) is 7.04. The van der Waals surface area contributed by atoms with Gasteiger partial charge in [0.25, 0.3) is 0 Å². The molecule has 0 unspecified atom stereocenters. The smallest absolute Gasteiger partial charge is 0.233 e. The van der Waals surface area contributed by atoms with Gasteiger partial charge >= 0.3 is 0 Å². The molecular formula is C21H24N8O. The number of rotatable bonds is 8. The van der Waals surface area contributed by atoms with E-state index in [1.165, 1.54) is 5.56 Å². The molecule has 4 aromatic rings. The second-order valence-corrected chi connectivity index (χ2v) is 7.04. The van der Waals surface area contributed by atoms with E-state index in [4.69, 9.17) is 4.74 Å². The van der Waals surface area contributed by atoms with E-state index in [9.17, 15) is 0 Å². The lowest BCUT2D eigenvalue weighted by Crippen LogP contribution is -2.10. The van der Waals surface area contributed by atoms with Crippen LogP contribution in [0.5, 0.6) is 5.75 Å². The molecule has 0 aliphatic carbocycles. The predicted octanol–water partition coefficient (Wildman–Crippen LogP) is 3.60. The molecule has 0 aliphatic rings. The van der Waals surface area contributed by atoms with Crippen molar-refractivity contribution < 1.29 is 4.74 Å². The van der Waals surface area contributed by atoms with Crippen molar-refractivity contribution >= 4 is 28.9 Å². The highest BCUT2D eigenvalue weighted by Crippen LogP contribution is 2.24. The van der Waals surface area contributed by atoms with Gasteiger partial charge in [0.2, 0.25) is 11.9 Å². The molecule has 9 heteroatoms. The molecule has 0 amide bonds. The Kier molecular flexibility index (Phi) is 5.69. The Morgan fingerprint density at radius 2 is 1.77 bits per heavy atom. The van der Waals surface area contributed by atoms with Gasteiger partial charge in [-0.15, -0.1) is 0 Å². The van der Waals surface area contributed by atoms with Crippen LogP contribution in [0.3, 0.4) is 0 Å². The minimum atomic E-state index is 0.220. The lowest BCUT2D eigenvalue weighted by molar-refractivity contribution is 0.414. The van der Waals surface area contributed by atoms with Gasteiger partial charge in [-0.1, -0.05) is 12.1 Å². The largest absolute Gasteiger partial charge is 0.497 e. The number of anilines is 3. The topological polar surface area (TPSA) is 103 Å². The normalized spacial score (nSPS) is 11.1. The molecule has 0 spiro atoms. The summed E-state index contributed by atoms with van der Waals surface area (Å²) in [5.74, 6) is 2.38. The molecular weight excluding hydrogens is 380 g/mol. The van der Waals surface area contributed by atoms with E-state index in [0.29, 0.717) is 24.3 Å². The van der Waals surface area contributed by atoms with Gasteiger partial charge in [0.1, 0.15) is 5.75 Å². The van der Waals surface area contributed by atoms with Crippen LogP contribution in [0.15, 0.2) is 49.1 Å². The minimum Gasteiger partial charge on any atom is -0.497 e. The van der Waals surface area contributed by atoms with E-state index in [-0.39, 0.29) is 6.04 Å². The highest BCUT2D eigenvalue weighted by molar-refractivity contribution is 5.84. The molecule has 0 saturated carbocycles. The number of nitrogens with one attached hydrogen (secondary N) is 2. The number of hydrogen-bond acceptors (Lipinski definition) is 8. The Bertz CT molecular complexity index is 1110. The van der Waals surface area contributed by atoms with Gasteiger partial charge in [-0.2, -0.15) is 9.97 Å². The zero-order valence-electron chi connectivity index (χ0n) is 17.2. The van der Waals surface area contributed by atoms with Crippen molar-refractivity contribution in [3.05, 3.63) is 54.6 Å². The van der Waals surface area contributed by atoms with Crippen molar-refractivity contribution in [1.29, 1.82) is 0 Å². The number of benzene rings is 1. The molecule has 0 fully saturated rings. The van der Waals surface area contributed by atoms with Crippen molar-refractivity contribution in [1.82, 2.24) is 29.5 Å². The quantitative estimate of drug-likeness (QED) is 0.459. The van der Waals surface area contributed by atoms with Crippen LogP contribution in [0.4, 0.5) is 17.7 Å². The van der Waals surface area contributed by atoms with Gasteiger partial charge in [-0.25, -0.2) is 15.0 Å². The molecule has 0 atom stereocenters. The van der Waals surface area contributed by atoms with E-state index in [1.807, 2.05) is 16.7 Å². The van der Waals surface area contributed by atoms with Crippen LogP contribution in [-0.4, -0.2) is 43.1 Å². The Labute approximate surface area is 174 Å². The molecule has 154 valence electrons. The van der Waals surface area contributed by atoms with Gasteiger partial charge < -0.3 is 14.6 Å². The SMILES string of the molecule is COc1ccc(CCNc2nc(Nc3ncccn3)nc3c2ncn3C(C)C)cc1. The fourth-order valence-electron chi connectivity index (χ4n) is 3.05. The zero-order valence-corrected chi connectivity index (χ0v) is 17.2. The van der Waals surface area contributed by atoms with E-state index in [1.54, 1.807) is 31.9 Å². The molecule has 0 radical (unpaired) electrons. The predicted molar refractivity (Wildman–Crippen MR) is 116 cm³/mol. The van der Waals surface area contributed by atoms with Gasteiger partial charge in [0.15, 0.2) is 17.0 Å². The van der Waals surface area contributed by atoms with Gasteiger partial charge in [-0.3, -0.25) is 5.32 Å². The number of methoxy groups -OCH3 is 1. The van der Waals surface area contributed by atoms with E-state index in [2.05, 4.69) is 61.5 Å². The summed E-state index contributed by atoms with van der Waals surface area (Å²) in [6.45, 7) is 4.88. The first kappa shape index (κ1) is 19.6. The molecule has 0 bridgehead atoms. The number of fused-ring (bicyclic) bond motifs is 1. The summed E-state index contributed by atoms with van der Waals surface area (Å²) in [5.41, 5.74) is 2.70. The molecule has 3 aromatic heterocycles. The highest BCUT2D eigenvalue weighted by Gasteiger charge is 2.15. The standard InChI is InChI=1S/C21H24N8O/c1-14(2)29-13-25-17-18(22-12-9-15-5-7-16(30-3)8-6-15)26-21(27-19(17)29)28-20-23-10-4-11-24-20/h4-8,10-11,13-14H,9,12H2,1-3H3,(H2,22,23,24,26,27,28). The Morgan fingerprint density at radius 3 is 2.47 bits per heavy atom. The number of ether oxygens (including phenoxy) is 1. The first-order valence-electron chi connectivity index (χ1n) is 9.79. The van der Waals surface area contributed by atoms with Crippen LogP contribution >= 0.6 is 0 Å². The third kappa shape index (κ3) is 4.29. The van der Waals surface area contributed by atoms with Crippen LogP contribution < -0.4 is 15.4 Å². The fourth-order valence-corrected chi connectivity index (χ4v) is 3.05. The third-order valence-corrected chi connectivity index (χ3v) is 4.63. The highest BCUT2D eigenvalue weighted by atomic mass is 16.5. The number of hydrogen-bond donors (Lipinski definition) is 2. The van der Waals surface area contributed by atoms with Crippen molar-refractivity contribution in [2.24, 2.45) is 0 Å². The van der Waals surface area contributed by atoms with Crippen LogP contribution in [0, 0.1) is 0 Å². The van der Waals surface area contributed by atoms with E-state index in [0.717, 1.165) is 23.3 Å². The van der Waals surface area contributed by atoms with Gasteiger partial charge in [0.05, 0.1) is 13.4 Å². The Morgan fingerprint density at radius 1 is 1.00 bits per heavy atom. The summed E-state index contributed by atoms with van der Waals surface area (Å²) in [6, 6.07) is 10.0. The summed E-state index contributed by atoms with van der Waals surface area (Å²) in [5, 5.41) is 6.48. The summed E-state index contributed by atoms with van der Waals surface area (Å²) in [4.78, 5) is 22.2. The number of aromatic nitrogens is 6. The van der Waals surface area contributed by atoms with Gasteiger partial charge in [0, 0.05) is 25.0 Å². The maximum absolute atomic E-state index is 5.21. The van der Waals surface area contributed by atoms with E-state index < -0.39 is 0 Å². The monoisotopic (exact) mass is 404 g/mol. The first-order valence-corrected chi connectivity index (χ1v) is 9.79. The summed E-state index contributed by atoms with van der Waals surface area (Å²) in [6.07, 6.45) is 5.97. The fraction of sp³-hybridized carbons (Fsp3) is 0.286. The van der Waals surface area contributed by atoms with E-state index >= 15 is 0 Å². The van der Waals surface area contributed by atoms with Crippen molar-refractivity contribution in [3.8, 4) is 5.75 Å². The Balaban J connectivity index is 1.58. The average Bonchev–Trinajstić information content (AvgIpc) is 3.19. The van der Waals surface area contributed by atoms with Crippen molar-refractivity contribution in [2.45, 2.75) is 26.3 Å². The van der Waals surface area contributed by atoms with Gasteiger partial charge in [-0.05, 0) is 44.0 Å². The van der Waals surface area contributed by atoms with Crippen LogP contribution in [0.2, 0.25) is 0 Å². The number of nitrogens with zero attached hydrogens (tertiary/aromatic N) is 6. The first-order chi connectivity index (χ1) is 14.6. The molecule has 0 saturated heterocycles. The summed E-state index contributed by atoms with van der Waals surface area (Å²) in [7, 11) is 1.67. The molecule has 0 aliphatic heterocycles.